The zero-order chi connectivity index (χ0) is 13.9. The number of rotatable bonds is 4. The molecule has 2 N–H and O–H groups in total. The molecule has 0 atom stereocenters. The van der Waals surface area contributed by atoms with Gasteiger partial charge in [0.25, 0.3) is 5.91 Å². The Labute approximate surface area is 110 Å². The van der Waals surface area contributed by atoms with Crippen molar-refractivity contribution in [2.45, 2.75) is 0 Å². The van der Waals surface area contributed by atoms with E-state index in [1.807, 2.05) is 0 Å². The number of hydrogen-bond donors (Lipinski definition) is 2. The molecule has 19 heavy (non-hydrogen) atoms. The molecule has 1 aromatic heterocycles. The van der Waals surface area contributed by atoms with Gasteiger partial charge in [-0.15, -0.1) is 0 Å². The van der Waals surface area contributed by atoms with Crippen LogP contribution in [-0.4, -0.2) is 20.6 Å². The van der Waals surface area contributed by atoms with Crippen LogP contribution in [0.3, 0.4) is 0 Å². The van der Waals surface area contributed by atoms with Gasteiger partial charge in [-0.3, -0.25) is 9.52 Å². The number of amides is 1. The first-order valence-corrected chi connectivity index (χ1v) is 7.26. The lowest BCUT2D eigenvalue weighted by molar-refractivity contribution is 0.0996. The standard InChI is InChI=1S/C12H12N2O4S/c1-19(16,17)14-10-6-4-9(5-7-10)13-12(15)11-3-2-8-18-11/h2-8,14H,1H3,(H,13,15). The molecule has 0 saturated heterocycles. The number of benzene rings is 1. The third kappa shape index (κ3) is 3.85. The van der Waals surface area contributed by atoms with Crippen LogP contribution in [-0.2, 0) is 10.0 Å². The van der Waals surface area contributed by atoms with E-state index in [1.54, 1.807) is 36.4 Å². The molecule has 0 saturated carbocycles. The van der Waals surface area contributed by atoms with Crippen molar-refractivity contribution in [3.8, 4) is 0 Å². The van der Waals surface area contributed by atoms with Crippen LogP contribution in [0.15, 0.2) is 47.1 Å². The lowest BCUT2D eigenvalue weighted by atomic mass is 10.3. The summed E-state index contributed by atoms with van der Waals surface area (Å²) in [7, 11) is -3.30. The second kappa shape index (κ2) is 5.15. The summed E-state index contributed by atoms with van der Waals surface area (Å²) in [6, 6.07) is 9.46. The highest BCUT2D eigenvalue weighted by molar-refractivity contribution is 7.92. The Balaban J connectivity index is 2.05. The van der Waals surface area contributed by atoms with Gasteiger partial charge in [-0.05, 0) is 36.4 Å². The maximum atomic E-state index is 11.7. The van der Waals surface area contributed by atoms with E-state index in [9.17, 15) is 13.2 Å². The highest BCUT2D eigenvalue weighted by Gasteiger charge is 2.08. The van der Waals surface area contributed by atoms with Crippen LogP contribution < -0.4 is 10.0 Å². The predicted molar refractivity (Wildman–Crippen MR) is 71.6 cm³/mol. The Bertz CT molecular complexity index is 660. The summed E-state index contributed by atoms with van der Waals surface area (Å²) in [4.78, 5) is 11.7. The van der Waals surface area contributed by atoms with Gasteiger partial charge in [-0.1, -0.05) is 0 Å². The SMILES string of the molecule is CS(=O)(=O)Nc1ccc(NC(=O)c2ccco2)cc1. The molecule has 0 aliphatic carbocycles. The second-order valence-corrected chi connectivity index (χ2v) is 5.63. The van der Waals surface area contributed by atoms with Crippen molar-refractivity contribution in [3.63, 3.8) is 0 Å². The second-order valence-electron chi connectivity index (χ2n) is 3.88. The minimum Gasteiger partial charge on any atom is -0.459 e. The fourth-order valence-electron chi connectivity index (χ4n) is 1.44. The Morgan fingerprint density at radius 1 is 1.11 bits per heavy atom. The Hall–Kier alpha value is -2.28. The zero-order valence-electron chi connectivity index (χ0n) is 10.1. The molecular weight excluding hydrogens is 268 g/mol. The van der Waals surface area contributed by atoms with Gasteiger partial charge in [0, 0.05) is 11.4 Å². The topological polar surface area (TPSA) is 88.4 Å². The first-order chi connectivity index (χ1) is 8.94. The van der Waals surface area contributed by atoms with Gasteiger partial charge in [0.15, 0.2) is 5.76 Å². The molecule has 1 amide bonds. The fourth-order valence-corrected chi connectivity index (χ4v) is 2.00. The highest BCUT2D eigenvalue weighted by atomic mass is 32.2. The molecule has 0 radical (unpaired) electrons. The third-order valence-electron chi connectivity index (χ3n) is 2.19. The molecular formula is C12H12N2O4S. The molecule has 0 bridgehead atoms. The smallest absolute Gasteiger partial charge is 0.291 e. The predicted octanol–water partition coefficient (Wildman–Crippen LogP) is 1.90. The quantitative estimate of drug-likeness (QED) is 0.895. The van der Waals surface area contributed by atoms with Crippen LogP contribution in [0.2, 0.25) is 0 Å². The van der Waals surface area contributed by atoms with Crippen molar-refractivity contribution in [2.24, 2.45) is 0 Å². The van der Waals surface area contributed by atoms with Gasteiger partial charge < -0.3 is 9.73 Å². The summed E-state index contributed by atoms with van der Waals surface area (Å²) in [5.74, 6) is -0.160. The Kier molecular flexibility index (Phi) is 3.57. The van der Waals surface area contributed by atoms with Gasteiger partial charge >= 0.3 is 0 Å². The number of sulfonamides is 1. The number of carbonyl (C=O) groups excluding carboxylic acids is 1. The molecule has 2 rings (SSSR count). The van der Waals surface area contributed by atoms with Crippen LogP contribution in [0.4, 0.5) is 11.4 Å². The average molecular weight is 280 g/mol. The van der Waals surface area contributed by atoms with E-state index in [-0.39, 0.29) is 11.7 Å². The molecule has 2 aromatic rings. The fraction of sp³-hybridized carbons (Fsp3) is 0.0833. The van der Waals surface area contributed by atoms with E-state index >= 15 is 0 Å². The number of furan rings is 1. The lowest BCUT2D eigenvalue weighted by Crippen LogP contribution is -2.11. The lowest BCUT2D eigenvalue weighted by Gasteiger charge is -2.06. The number of nitrogens with one attached hydrogen (secondary N) is 2. The monoisotopic (exact) mass is 280 g/mol. The summed E-state index contributed by atoms with van der Waals surface area (Å²) in [6.45, 7) is 0. The van der Waals surface area contributed by atoms with Crippen LogP contribution >= 0.6 is 0 Å². The first-order valence-electron chi connectivity index (χ1n) is 5.37. The van der Waals surface area contributed by atoms with Gasteiger partial charge in [0.2, 0.25) is 10.0 Å². The van der Waals surface area contributed by atoms with Crippen molar-refractivity contribution in [1.82, 2.24) is 0 Å². The van der Waals surface area contributed by atoms with E-state index in [4.69, 9.17) is 4.42 Å². The van der Waals surface area contributed by atoms with E-state index in [0.717, 1.165) is 6.26 Å². The minimum absolute atomic E-state index is 0.207. The van der Waals surface area contributed by atoms with Crippen molar-refractivity contribution in [3.05, 3.63) is 48.4 Å². The zero-order valence-corrected chi connectivity index (χ0v) is 10.9. The summed E-state index contributed by atoms with van der Waals surface area (Å²) in [5.41, 5.74) is 0.971. The molecule has 100 valence electrons. The van der Waals surface area contributed by atoms with Crippen LogP contribution in [0.25, 0.3) is 0 Å². The molecule has 0 fully saturated rings. The van der Waals surface area contributed by atoms with E-state index in [1.165, 1.54) is 6.26 Å². The minimum atomic E-state index is -3.30. The molecule has 0 spiro atoms. The van der Waals surface area contributed by atoms with Crippen LogP contribution in [0, 0.1) is 0 Å². The largest absolute Gasteiger partial charge is 0.459 e. The third-order valence-corrected chi connectivity index (χ3v) is 2.80. The number of hydrogen-bond acceptors (Lipinski definition) is 4. The molecule has 1 aromatic carbocycles. The number of carbonyl (C=O) groups is 1. The van der Waals surface area contributed by atoms with Crippen molar-refractivity contribution >= 4 is 27.3 Å². The average Bonchev–Trinajstić information content (AvgIpc) is 2.83. The van der Waals surface area contributed by atoms with Crippen molar-refractivity contribution < 1.29 is 17.6 Å². The van der Waals surface area contributed by atoms with Crippen molar-refractivity contribution in [1.29, 1.82) is 0 Å². The van der Waals surface area contributed by atoms with Gasteiger partial charge in [0.05, 0.1) is 12.5 Å². The van der Waals surface area contributed by atoms with Gasteiger partial charge in [0.1, 0.15) is 0 Å². The molecule has 0 aliphatic heterocycles. The summed E-state index contributed by atoms with van der Waals surface area (Å²) in [6.07, 6.45) is 2.48. The summed E-state index contributed by atoms with van der Waals surface area (Å²) >= 11 is 0. The maximum Gasteiger partial charge on any atom is 0.291 e. The maximum absolute atomic E-state index is 11.7. The Morgan fingerprint density at radius 3 is 2.26 bits per heavy atom. The Morgan fingerprint density at radius 2 is 1.74 bits per heavy atom. The summed E-state index contributed by atoms with van der Waals surface area (Å²) in [5, 5.41) is 2.62. The molecule has 1 heterocycles. The van der Waals surface area contributed by atoms with E-state index in [0.29, 0.717) is 11.4 Å². The van der Waals surface area contributed by atoms with E-state index < -0.39 is 10.0 Å². The molecule has 0 unspecified atom stereocenters. The van der Waals surface area contributed by atoms with E-state index in [2.05, 4.69) is 10.0 Å². The van der Waals surface area contributed by atoms with Crippen LogP contribution in [0.5, 0.6) is 0 Å². The molecule has 0 aliphatic rings. The van der Waals surface area contributed by atoms with Gasteiger partial charge in [-0.2, -0.15) is 0 Å². The number of anilines is 2. The molecule has 7 heteroatoms. The molecule has 6 nitrogen and oxygen atoms in total. The van der Waals surface area contributed by atoms with Crippen LogP contribution in [0.1, 0.15) is 10.6 Å². The highest BCUT2D eigenvalue weighted by Crippen LogP contribution is 2.15. The van der Waals surface area contributed by atoms with Gasteiger partial charge in [-0.25, -0.2) is 8.42 Å². The van der Waals surface area contributed by atoms with Crippen molar-refractivity contribution in [2.75, 3.05) is 16.3 Å². The summed E-state index contributed by atoms with van der Waals surface area (Å²) < 4.78 is 29.3. The first kappa shape index (κ1) is 13.2. The normalized spacial score (nSPS) is 11.0.